The van der Waals surface area contributed by atoms with Crippen molar-refractivity contribution in [2.45, 2.75) is 20.8 Å². The fourth-order valence-electron chi connectivity index (χ4n) is 3.13. The molecular weight excluding hydrogens is 338 g/mol. The van der Waals surface area contributed by atoms with Gasteiger partial charge >= 0.3 is 0 Å². The third-order valence-electron chi connectivity index (χ3n) is 4.15. The lowest BCUT2D eigenvalue weighted by Gasteiger charge is -2.04. The van der Waals surface area contributed by atoms with Gasteiger partial charge in [0.1, 0.15) is 10.2 Å². The Labute approximate surface area is 149 Å². The Morgan fingerprint density at radius 3 is 2.38 bits per heavy atom. The summed E-state index contributed by atoms with van der Waals surface area (Å²) in [5.74, 6) is 0. The summed E-state index contributed by atoms with van der Waals surface area (Å²) in [6.07, 6.45) is 0. The molecule has 1 N–H and O–H groups in total. The van der Waals surface area contributed by atoms with E-state index in [0.29, 0.717) is 5.15 Å². The smallest absolute Gasteiger partial charge is 0.140 e. The Hall–Kier alpha value is -2.17. The number of nitrogens with zero attached hydrogens (tertiary/aromatic N) is 2. The molecule has 24 heavy (non-hydrogen) atoms. The molecule has 0 bridgehead atoms. The van der Waals surface area contributed by atoms with Crippen LogP contribution in [0.2, 0.25) is 5.15 Å². The summed E-state index contributed by atoms with van der Waals surface area (Å²) < 4.78 is 0. The number of aryl methyl sites for hydroxylation is 3. The lowest BCUT2D eigenvalue weighted by atomic mass is 10.1. The van der Waals surface area contributed by atoms with Gasteiger partial charge in [-0.25, -0.2) is 4.98 Å². The van der Waals surface area contributed by atoms with Crippen LogP contribution in [0.5, 0.6) is 0 Å². The molecule has 0 aliphatic heterocycles. The second kappa shape index (κ2) is 5.72. The molecule has 3 heterocycles. The number of nitrogens with one attached hydrogen (secondary N) is 1. The molecule has 0 spiro atoms. The van der Waals surface area contributed by atoms with E-state index in [9.17, 15) is 0 Å². The van der Waals surface area contributed by atoms with Crippen molar-refractivity contribution in [1.29, 1.82) is 0 Å². The largest absolute Gasteiger partial charge is 0.354 e. The van der Waals surface area contributed by atoms with Crippen LogP contribution in [-0.4, -0.2) is 15.0 Å². The molecule has 0 fully saturated rings. The molecule has 0 saturated carbocycles. The maximum absolute atomic E-state index is 5.95. The van der Waals surface area contributed by atoms with Gasteiger partial charge in [0.2, 0.25) is 0 Å². The third-order valence-corrected chi connectivity index (χ3v) is 5.37. The highest BCUT2D eigenvalue weighted by Crippen LogP contribution is 2.34. The lowest BCUT2D eigenvalue weighted by molar-refractivity contribution is 1.12. The molecule has 3 nitrogen and oxygen atoms in total. The zero-order chi connectivity index (χ0) is 16.8. The van der Waals surface area contributed by atoms with Gasteiger partial charge in [0.25, 0.3) is 0 Å². The van der Waals surface area contributed by atoms with Gasteiger partial charge in [-0.2, -0.15) is 0 Å². The first kappa shape index (κ1) is 15.4. The fourth-order valence-corrected chi connectivity index (χ4v) is 4.07. The predicted octanol–water partition coefficient (Wildman–Crippen LogP) is 5.93. The molecular formula is C19H16ClN3S. The van der Waals surface area contributed by atoms with Crippen molar-refractivity contribution in [2.24, 2.45) is 0 Å². The summed E-state index contributed by atoms with van der Waals surface area (Å²) in [4.78, 5) is 12.4. The summed E-state index contributed by atoms with van der Waals surface area (Å²) in [7, 11) is 0. The Morgan fingerprint density at radius 1 is 0.958 bits per heavy atom. The van der Waals surface area contributed by atoms with Crippen molar-refractivity contribution in [2.75, 3.05) is 0 Å². The first-order valence-electron chi connectivity index (χ1n) is 7.70. The molecule has 0 aliphatic carbocycles. The zero-order valence-corrected chi connectivity index (χ0v) is 15.2. The van der Waals surface area contributed by atoms with Crippen molar-refractivity contribution in [1.82, 2.24) is 15.0 Å². The third kappa shape index (κ3) is 2.62. The fraction of sp³-hybridized carbons (Fsp3) is 0.158. The molecule has 0 radical (unpaired) electrons. The van der Waals surface area contributed by atoms with Crippen LogP contribution in [0.25, 0.3) is 32.7 Å². The Balaban J connectivity index is 1.88. The van der Waals surface area contributed by atoms with E-state index in [1.807, 2.05) is 19.2 Å². The number of aromatic amines is 1. The quantitative estimate of drug-likeness (QED) is 0.485. The number of hydrogen-bond donors (Lipinski definition) is 1. The Kier molecular flexibility index (Phi) is 3.66. The van der Waals surface area contributed by atoms with Gasteiger partial charge in [0.15, 0.2) is 0 Å². The van der Waals surface area contributed by atoms with Gasteiger partial charge in [-0.3, -0.25) is 4.98 Å². The predicted molar refractivity (Wildman–Crippen MR) is 102 cm³/mol. The number of pyridine rings is 1. The van der Waals surface area contributed by atoms with Gasteiger partial charge in [-0.15, -0.1) is 11.3 Å². The second-order valence-corrected chi connectivity index (χ2v) is 7.24. The number of hydrogen-bond acceptors (Lipinski definition) is 3. The SMILES string of the molecule is Cc1cc(-c2[nH]c3cc(-c4nc(Cl)cs4)ccc3c2C)cc(C)n1. The highest BCUT2D eigenvalue weighted by Gasteiger charge is 2.12. The van der Waals surface area contributed by atoms with Crippen molar-refractivity contribution < 1.29 is 0 Å². The normalized spacial score (nSPS) is 11.3. The van der Waals surface area contributed by atoms with E-state index in [0.717, 1.165) is 33.2 Å². The van der Waals surface area contributed by atoms with E-state index in [2.05, 4.69) is 52.2 Å². The van der Waals surface area contributed by atoms with Crippen LogP contribution in [-0.2, 0) is 0 Å². The topological polar surface area (TPSA) is 41.6 Å². The van der Waals surface area contributed by atoms with Crippen molar-refractivity contribution in [3.63, 3.8) is 0 Å². The molecule has 0 aliphatic rings. The van der Waals surface area contributed by atoms with Crippen LogP contribution in [0.1, 0.15) is 17.0 Å². The number of H-pyrrole nitrogens is 1. The van der Waals surface area contributed by atoms with E-state index >= 15 is 0 Å². The summed E-state index contributed by atoms with van der Waals surface area (Å²) in [5.41, 5.74) is 7.81. The van der Waals surface area contributed by atoms with Crippen molar-refractivity contribution in [3.8, 4) is 21.8 Å². The summed E-state index contributed by atoms with van der Waals surface area (Å²) >= 11 is 7.51. The monoisotopic (exact) mass is 353 g/mol. The standard InChI is InChI=1S/C19H16ClN3S/c1-10-6-14(7-11(2)21-10)18-12(3)15-5-4-13(8-16(15)22-18)19-23-17(20)9-24-19/h4-9,22H,1-3H3. The van der Waals surface area contributed by atoms with Crippen molar-refractivity contribution in [3.05, 3.63) is 57.8 Å². The number of rotatable bonds is 2. The van der Waals surface area contributed by atoms with E-state index in [-0.39, 0.29) is 0 Å². The highest BCUT2D eigenvalue weighted by atomic mass is 35.5. The summed E-state index contributed by atoms with van der Waals surface area (Å²) in [6, 6.07) is 10.6. The molecule has 1 aromatic carbocycles. The van der Waals surface area contributed by atoms with Crippen LogP contribution in [0, 0.1) is 20.8 Å². The number of benzene rings is 1. The van der Waals surface area contributed by atoms with Crippen LogP contribution < -0.4 is 0 Å². The van der Waals surface area contributed by atoms with E-state index in [4.69, 9.17) is 11.6 Å². The Morgan fingerprint density at radius 2 is 1.71 bits per heavy atom. The van der Waals surface area contributed by atoms with Crippen LogP contribution in [0.3, 0.4) is 0 Å². The number of fused-ring (bicyclic) bond motifs is 1. The molecule has 3 aromatic heterocycles. The number of halogens is 1. The first-order chi connectivity index (χ1) is 11.5. The number of aromatic nitrogens is 3. The summed E-state index contributed by atoms with van der Waals surface area (Å²) in [6.45, 7) is 6.21. The maximum Gasteiger partial charge on any atom is 0.140 e. The molecule has 4 aromatic rings. The van der Waals surface area contributed by atoms with Crippen LogP contribution >= 0.6 is 22.9 Å². The molecule has 5 heteroatoms. The highest BCUT2D eigenvalue weighted by molar-refractivity contribution is 7.13. The molecule has 120 valence electrons. The molecule has 0 amide bonds. The average molecular weight is 354 g/mol. The lowest BCUT2D eigenvalue weighted by Crippen LogP contribution is -1.89. The Bertz CT molecular complexity index is 1040. The minimum Gasteiger partial charge on any atom is -0.354 e. The summed E-state index contributed by atoms with van der Waals surface area (Å²) in [5, 5.41) is 4.56. The minimum absolute atomic E-state index is 0.543. The van der Waals surface area contributed by atoms with E-state index in [1.165, 1.54) is 16.5 Å². The average Bonchev–Trinajstić information content (AvgIpc) is 3.10. The van der Waals surface area contributed by atoms with Gasteiger partial charge in [-0.05, 0) is 44.5 Å². The van der Waals surface area contributed by atoms with Crippen LogP contribution in [0.15, 0.2) is 35.7 Å². The van der Waals surface area contributed by atoms with Gasteiger partial charge in [-0.1, -0.05) is 23.7 Å². The van der Waals surface area contributed by atoms with E-state index in [1.54, 1.807) is 11.3 Å². The number of thiazole rings is 1. The molecule has 0 atom stereocenters. The second-order valence-electron chi connectivity index (χ2n) is 6.00. The van der Waals surface area contributed by atoms with Crippen LogP contribution in [0.4, 0.5) is 0 Å². The van der Waals surface area contributed by atoms with Gasteiger partial charge < -0.3 is 4.98 Å². The van der Waals surface area contributed by atoms with Gasteiger partial charge in [0, 0.05) is 44.5 Å². The minimum atomic E-state index is 0.543. The zero-order valence-electron chi connectivity index (χ0n) is 13.6. The van der Waals surface area contributed by atoms with E-state index < -0.39 is 0 Å². The first-order valence-corrected chi connectivity index (χ1v) is 8.96. The maximum atomic E-state index is 5.95. The van der Waals surface area contributed by atoms with Crippen molar-refractivity contribution >= 4 is 33.8 Å². The molecule has 0 unspecified atom stereocenters. The molecule has 0 saturated heterocycles. The van der Waals surface area contributed by atoms with Gasteiger partial charge in [0.05, 0.1) is 0 Å². The molecule has 4 rings (SSSR count).